The van der Waals surface area contributed by atoms with Crippen molar-refractivity contribution in [1.82, 2.24) is 15.0 Å². The highest BCUT2D eigenvalue weighted by Crippen LogP contribution is 2.36. The van der Waals surface area contributed by atoms with Crippen LogP contribution in [0.1, 0.15) is 61.9 Å². The van der Waals surface area contributed by atoms with Crippen LogP contribution >= 0.6 is 12.4 Å². The number of carbonyl (C=O) groups excluding carboxylic acids is 1. The van der Waals surface area contributed by atoms with Gasteiger partial charge in [0.1, 0.15) is 5.75 Å². The van der Waals surface area contributed by atoms with Crippen LogP contribution in [0.25, 0.3) is 11.5 Å². The number of carbonyl (C=O) groups is 1. The molecular formula is C22H31ClN4O3. The molecule has 1 amide bonds. The SMILES string of the molecule is Cc1cc(-c2nc(C3(N)CCCC3)no2)cc(C)c1OCC(=O)N1CCCCC1.Cl. The Morgan fingerprint density at radius 3 is 2.40 bits per heavy atom. The summed E-state index contributed by atoms with van der Waals surface area (Å²) in [4.78, 5) is 18.9. The predicted molar refractivity (Wildman–Crippen MR) is 117 cm³/mol. The third kappa shape index (κ3) is 4.62. The van der Waals surface area contributed by atoms with Gasteiger partial charge in [0.05, 0.1) is 5.54 Å². The average molecular weight is 435 g/mol. The number of hydrogen-bond acceptors (Lipinski definition) is 6. The number of halogens is 1. The van der Waals surface area contributed by atoms with Crippen LogP contribution in [0.2, 0.25) is 0 Å². The molecule has 2 fully saturated rings. The Hall–Kier alpha value is -2.12. The van der Waals surface area contributed by atoms with Gasteiger partial charge in [-0.1, -0.05) is 18.0 Å². The Morgan fingerprint density at radius 2 is 1.77 bits per heavy atom. The largest absolute Gasteiger partial charge is 0.483 e. The van der Waals surface area contributed by atoms with Crippen LogP contribution in [0.15, 0.2) is 16.7 Å². The van der Waals surface area contributed by atoms with Gasteiger partial charge in [-0.2, -0.15) is 4.98 Å². The van der Waals surface area contributed by atoms with Crippen molar-refractivity contribution in [3.05, 3.63) is 29.1 Å². The highest BCUT2D eigenvalue weighted by atomic mass is 35.5. The maximum atomic E-state index is 12.4. The number of aromatic nitrogens is 2. The van der Waals surface area contributed by atoms with Crippen molar-refractivity contribution in [2.75, 3.05) is 19.7 Å². The Morgan fingerprint density at radius 1 is 1.13 bits per heavy atom. The zero-order valence-electron chi connectivity index (χ0n) is 17.8. The summed E-state index contributed by atoms with van der Waals surface area (Å²) >= 11 is 0. The summed E-state index contributed by atoms with van der Waals surface area (Å²) in [5.74, 6) is 1.86. The monoisotopic (exact) mass is 434 g/mol. The second kappa shape index (κ2) is 9.35. The molecule has 2 N–H and O–H groups in total. The molecule has 1 saturated heterocycles. The highest BCUT2D eigenvalue weighted by Gasteiger charge is 2.36. The molecule has 0 radical (unpaired) electrons. The molecule has 0 spiro atoms. The van der Waals surface area contributed by atoms with E-state index in [0.717, 1.165) is 74.1 Å². The third-order valence-corrected chi connectivity index (χ3v) is 6.12. The van der Waals surface area contributed by atoms with Gasteiger partial charge < -0.3 is 19.9 Å². The third-order valence-electron chi connectivity index (χ3n) is 6.12. The van der Waals surface area contributed by atoms with E-state index < -0.39 is 5.54 Å². The summed E-state index contributed by atoms with van der Waals surface area (Å²) in [6, 6.07) is 3.92. The maximum absolute atomic E-state index is 12.4. The maximum Gasteiger partial charge on any atom is 0.260 e. The molecule has 0 bridgehead atoms. The Labute approximate surface area is 183 Å². The normalized spacial score (nSPS) is 18.2. The van der Waals surface area contributed by atoms with Crippen molar-refractivity contribution in [3.63, 3.8) is 0 Å². The quantitative estimate of drug-likeness (QED) is 0.766. The minimum atomic E-state index is -0.469. The molecule has 2 aliphatic rings. The highest BCUT2D eigenvalue weighted by molar-refractivity contribution is 5.85. The minimum Gasteiger partial charge on any atom is -0.483 e. The van der Waals surface area contributed by atoms with E-state index in [1.54, 1.807) is 0 Å². The second-order valence-electron chi connectivity index (χ2n) is 8.46. The first kappa shape index (κ1) is 22.6. The Balaban J connectivity index is 0.00000256. The van der Waals surface area contributed by atoms with Crippen molar-refractivity contribution in [3.8, 4) is 17.2 Å². The number of ether oxygens (including phenoxy) is 1. The number of aryl methyl sites for hydroxylation is 2. The first-order chi connectivity index (χ1) is 14.0. The molecule has 1 saturated carbocycles. The number of nitrogens with two attached hydrogens (primary N) is 1. The molecule has 1 aromatic heterocycles. The molecule has 4 rings (SSSR count). The van der Waals surface area contributed by atoms with Crippen molar-refractivity contribution in [2.24, 2.45) is 5.73 Å². The van der Waals surface area contributed by atoms with Crippen LogP contribution < -0.4 is 10.5 Å². The molecule has 8 heteroatoms. The molecule has 2 aromatic rings. The minimum absolute atomic E-state index is 0. The molecule has 1 aliphatic carbocycles. The molecule has 2 heterocycles. The van der Waals surface area contributed by atoms with Gasteiger partial charge in [0.15, 0.2) is 12.4 Å². The van der Waals surface area contributed by atoms with Crippen LogP contribution in [0.5, 0.6) is 5.75 Å². The summed E-state index contributed by atoms with van der Waals surface area (Å²) in [7, 11) is 0. The van der Waals surface area contributed by atoms with Crippen LogP contribution in [-0.4, -0.2) is 40.6 Å². The van der Waals surface area contributed by atoms with Gasteiger partial charge in [0.25, 0.3) is 11.8 Å². The molecule has 1 aromatic carbocycles. The van der Waals surface area contributed by atoms with Crippen molar-refractivity contribution in [1.29, 1.82) is 0 Å². The summed E-state index contributed by atoms with van der Waals surface area (Å²) in [5, 5.41) is 4.15. The zero-order valence-corrected chi connectivity index (χ0v) is 18.6. The Bertz CT molecular complexity index is 863. The lowest BCUT2D eigenvalue weighted by molar-refractivity contribution is -0.134. The van der Waals surface area contributed by atoms with Crippen molar-refractivity contribution in [2.45, 2.75) is 64.3 Å². The average Bonchev–Trinajstić information content (AvgIpc) is 3.38. The second-order valence-corrected chi connectivity index (χ2v) is 8.46. The van der Waals surface area contributed by atoms with E-state index in [-0.39, 0.29) is 24.9 Å². The van der Waals surface area contributed by atoms with E-state index >= 15 is 0 Å². The lowest BCUT2D eigenvalue weighted by Gasteiger charge is -2.26. The van der Waals surface area contributed by atoms with Gasteiger partial charge in [-0.15, -0.1) is 12.4 Å². The van der Waals surface area contributed by atoms with Crippen LogP contribution in [0.3, 0.4) is 0 Å². The summed E-state index contributed by atoms with van der Waals surface area (Å²) in [6.07, 6.45) is 7.34. The predicted octanol–water partition coefficient (Wildman–Crippen LogP) is 3.89. The van der Waals surface area contributed by atoms with Gasteiger partial charge in [-0.3, -0.25) is 4.79 Å². The van der Waals surface area contributed by atoms with Gasteiger partial charge in [-0.05, 0) is 69.2 Å². The lowest BCUT2D eigenvalue weighted by Crippen LogP contribution is -2.38. The van der Waals surface area contributed by atoms with Crippen LogP contribution in [0, 0.1) is 13.8 Å². The Kier molecular flexibility index (Phi) is 7.03. The number of benzene rings is 1. The van der Waals surface area contributed by atoms with E-state index in [9.17, 15) is 4.79 Å². The molecule has 0 atom stereocenters. The molecule has 7 nitrogen and oxygen atoms in total. The first-order valence-corrected chi connectivity index (χ1v) is 10.6. The number of amides is 1. The summed E-state index contributed by atoms with van der Waals surface area (Å²) in [6.45, 7) is 5.68. The fourth-order valence-electron chi connectivity index (χ4n) is 4.44. The van der Waals surface area contributed by atoms with Crippen LogP contribution in [0.4, 0.5) is 0 Å². The molecule has 0 unspecified atom stereocenters. The fraction of sp³-hybridized carbons (Fsp3) is 0.591. The first-order valence-electron chi connectivity index (χ1n) is 10.6. The van der Waals surface area contributed by atoms with Crippen LogP contribution in [-0.2, 0) is 10.3 Å². The summed E-state index contributed by atoms with van der Waals surface area (Å²) in [5.41, 5.74) is 8.70. The lowest BCUT2D eigenvalue weighted by atomic mass is 9.98. The number of nitrogens with zero attached hydrogens (tertiary/aromatic N) is 3. The smallest absolute Gasteiger partial charge is 0.260 e. The van der Waals surface area contributed by atoms with Gasteiger partial charge in [0.2, 0.25) is 0 Å². The molecular weight excluding hydrogens is 404 g/mol. The van der Waals surface area contributed by atoms with Crippen molar-refractivity contribution >= 4 is 18.3 Å². The molecule has 164 valence electrons. The summed E-state index contributed by atoms with van der Waals surface area (Å²) < 4.78 is 11.4. The zero-order chi connectivity index (χ0) is 20.4. The fourth-order valence-corrected chi connectivity index (χ4v) is 4.44. The molecule has 30 heavy (non-hydrogen) atoms. The van der Waals surface area contributed by atoms with E-state index in [1.165, 1.54) is 6.42 Å². The topological polar surface area (TPSA) is 94.5 Å². The van der Waals surface area contributed by atoms with E-state index in [0.29, 0.717) is 11.7 Å². The van der Waals surface area contributed by atoms with E-state index in [1.807, 2.05) is 30.9 Å². The van der Waals surface area contributed by atoms with Gasteiger partial charge >= 0.3 is 0 Å². The number of likely N-dealkylation sites (tertiary alicyclic amines) is 1. The van der Waals surface area contributed by atoms with Crippen molar-refractivity contribution < 1.29 is 14.1 Å². The van der Waals surface area contributed by atoms with E-state index in [4.69, 9.17) is 15.0 Å². The standard InChI is InChI=1S/C22H30N4O3.ClH/c1-15-12-17(20-24-21(25-29-20)22(23)8-4-5-9-22)13-16(2)19(15)28-14-18(27)26-10-6-3-7-11-26;/h12-13H,3-11,14,23H2,1-2H3;1H. The van der Waals surface area contributed by atoms with Gasteiger partial charge in [-0.25, -0.2) is 0 Å². The molecule has 1 aliphatic heterocycles. The van der Waals surface area contributed by atoms with Gasteiger partial charge in [0, 0.05) is 18.7 Å². The number of rotatable bonds is 5. The van der Waals surface area contributed by atoms with E-state index in [2.05, 4.69) is 10.1 Å². The number of hydrogen-bond donors (Lipinski definition) is 1. The number of piperidine rings is 1.